The SMILES string of the molecule is [B]N1C(=O)C(C)=C(C)C1=O.[B]N1C(=O)C(c2ccccc2)=C(c2ccccc2)C1=O.[B]N1C(=O)C=CC1=O.[B]N1C(=O)CCC1=O.[B]N1C(=O)Cc2ccccc2C1=O.[B]N1C(=O)c2ccccc2C1=O.[B]n1[nH]c(=O)c2ccccc2c1=O.[B]n1c(=O)[nH]c2ccccc2c1=O.[B]n1c(=O)c2ccccc2c(=O)n1C.[B]n1c(=O)c2ccccc2n(C)c1=O.[B]n1c(=O)ccn(C)c1=O. The van der Waals surface area contributed by atoms with E-state index >= 15 is 0 Å². The molecule has 650 valence electrons. The maximum Gasteiger partial charge on any atom is 0.317 e. The van der Waals surface area contributed by atoms with Crippen LogP contribution in [0.4, 0.5) is 0 Å². The Bertz CT molecular complexity index is 7590. The standard InChI is InChI=1S/C16H10BNO2.2C9H7BN2O2.C9H6BNO2.2C8H5BN2O2.C8H4BNO2.C6H6BNO2.C5H5BN2O2.C4H4BNO2.C4H2BNO2/c17-18-15(19)13(11-7-3-1-4-8-11)14(16(18)20)12-9-5-2-6-10-12;1-11-7-5-3-2-4-6(7)8(13)12(10)9(11)14;1-11-8(13)6-4-2-3-5-7(6)9(14)12(11)10;10-11-8(12)5-6-3-1-2-4-7(6)9(11)13;9-11-7(12)5-3-1-2-4-6(5)10-8(11)13;9-11-8(13)6-4-2-1-3-5(6)7(12)10-11;9-10-7(11)5-3-1-2-4-6(5)8(10)12;1-3-4(2)6(10)8(7)5(3)9;1-7-3-2-4(9)8(6)5(7)10;2*5-6-3(7)1-2-4(6)8/h1-10H;2*2-5H,1H3;1-4H,5H2;1-4H,(H,10,13);1-4H,(H,10,12);1-4H;1-2H3;2-3H,1H3;1-2H2;1-2H. The molecule has 49 heteroatoms. The zero-order valence-electron chi connectivity index (χ0n) is 71.7. The predicted octanol–water partition coefficient (Wildman–Crippen LogP) is -2.32. The van der Waals surface area contributed by atoms with Crippen LogP contribution in [0.3, 0.4) is 0 Å². The normalized spacial score (nSPS) is 13.8. The van der Waals surface area contributed by atoms with Gasteiger partial charge in [0, 0.05) is 75.1 Å². The number of imide groups is 6. The van der Waals surface area contributed by atoms with Gasteiger partial charge < -0.3 is 61.0 Å². The molecule has 1 fully saturated rings. The molecule has 12 amide bonds. The highest BCUT2D eigenvalue weighted by molar-refractivity contribution is 6.55. The molecule has 0 saturated carbocycles. The largest absolute Gasteiger partial charge is 0.341 e. The lowest BCUT2D eigenvalue weighted by Crippen LogP contribution is -2.40. The summed E-state index contributed by atoms with van der Waals surface area (Å²) in [6.45, 7) is 3.17. The highest BCUT2D eigenvalue weighted by Crippen LogP contribution is 2.35. The molecule has 6 aliphatic heterocycles. The molecule has 11 heterocycles. The van der Waals surface area contributed by atoms with Crippen molar-refractivity contribution in [3.8, 4) is 0 Å². The molecule has 19 rings (SSSR count). The minimum absolute atomic E-state index is 0.207. The van der Waals surface area contributed by atoms with Gasteiger partial charge in [-0.2, -0.15) is 0 Å². The lowest BCUT2D eigenvalue weighted by molar-refractivity contribution is -0.133. The van der Waals surface area contributed by atoms with Crippen LogP contribution in [0.15, 0.2) is 290 Å². The minimum Gasteiger partial charge on any atom is -0.341 e. The lowest BCUT2D eigenvalue weighted by atomic mass is 9.96. The number of nitrogens with zero attached hydrogens (tertiary/aromatic N) is 14. The Morgan fingerprint density at radius 1 is 0.319 bits per heavy atom. The number of rotatable bonds is 2. The first-order valence-corrected chi connectivity index (χ1v) is 39.0. The fourth-order valence-electron chi connectivity index (χ4n) is 12.4. The number of hydrogen-bond acceptors (Lipinski definition) is 22. The molecule has 6 aliphatic rings. The van der Waals surface area contributed by atoms with Gasteiger partial charge in [0.1, 0.15) is 0 Å². The summed E-state index contributed by atoms with van der Waals surface area (Å²) in [6.07, 6.45) is 4.38. The summed E-state index contributed by atoms with van der Waals surface area (Å²) in [5.74, 6) is -4.89. The fourth-order valence-corrected chi connectivity index (χ4v) is 12.4. The molecular weight excluding hydrogens is 1730 g/mol. The van der Waals surface area contributed by atoms with Crippen LogP contribution < -0.4 is 56.0 Å². The highest BCUT2D eigenvalue weighted by Gasteiger charge is 2.37. The number of benzene rings is 8. The first kappa shape index (κ1) is 102. The van der Waals surface area contributed by atoms with Crippen molar-refractivity contribution in [3.05, 3.63) is 379 Å². The Kier molecular flexibility index (Phi) is 33.5. The summed E-state index contributed by atoms with van der Waals surface area (Å²) in [5.41, 5.74) is 1.56. The monoisotopic (exact) mass is 1790 g/mol. The zero-order chi connectivity index (χ0) is 99.6. The van der Waals surface area contributed by atoms with Crippen LogP contribution in [0.1, 0.15) is 74.5 Å². The number of amides is 12. The van der Waals surface area contributed by atoms with Gasteiger partial charge in [0.25, 0.3) is 49.3 Å². The van der Waals surface area contributed by atoms with Gasteiger partial charge in [-0.15, -0.1) is 0 Å². The summed E-state index contributed by atoms with van der Waals surface area (Å²) >= 11 is 0. The number of carbonyl (C=O) groups excluding carboxylic acids is 12. The van der Waals surface area contributed by atoms with E-state index < -0.39 is 92.5 Å². The van der Waals surface area contributed by atoms with Gasteiger partial charge in [-0.25, -0.2) is 14.4 Å². The van der Waals surface area contributed by atoms with E-state index in [1.54, 1.807) is 191 Å². The highest BCUT2D eigenvalue weighted by atomic mass is 16.2. The molecule has 13 aromatic rings. The summed E-state index contributed by atoms with van der Waals surface area (Å²) < 4.78 is 6.88. The Labute approximate surface area is 775 Å². The molecule has 1 saturated heterocycles. The third-order valence-electron chi connectivity index (χ3n) is 20.0. The molecule has 0 atom stereocenters. The van der Waals surface area contributed by atoms with E-state index in [4.69, 9.17) is 87.8 Å². The number of aromatic amines is 2. The summed E-state index contributed by atoms with van der Waals surface area (Å²) in [4.78, 5) is 251. The van der Waals surface area contributed by atoms with Gasteiger partial charge in [-0.05, 0) is 97.3 Å². The van der Waals surface area contributed by atoms with Gasteiger partial charge in [0.05, 0.1) is 72.0 Å². The Hall–Kier alpha value is -17.0. The number of H-pyrrole nitrogens is 2. The number of hydrogen-bond donors (Lipinski definition) is 2. The van der Waals surface area contributed by atoms with Gasteiger partial charge in [-0.1, -0.05) is 140 Å². The van der Waals surface area contributed by atoms with Crippen LogP contribution in [-0.2, 0) is 70.7 Å². The molecule has 8 aromatic carbocycles. The Morgan fingerprint density at radius 3 is 1.18 bits per heavy atom. The molecule has 135 heavy (non-hydrogen) atoms. The molecule has 2 N–H and O–H groups in total. The maximum absolute atomic E-state index is 12.2. The quantitative estimate of drug-likeness (QED) is 0.136. The van der Waals surface area contributed by atoms with E-state index in [1.165, 1.54) is 35.5 Å². The van der Waals surface area contributed by atoms with Crippen molar-refractivity contribution in [1.29, 1.82) is 0 Å². The summed E-state index contributed by atoms with van der Waals surface area (Å²) in [7, 11) is 61.8. The third-order valence-corrected chi connectivity index (χ3v) is 20.0. The summed E-state index contributed by atoms with van der Waals surface area (Å²) in [5, 5.41) is 4.48. The molecule has 22 radical (unpaired) electrons. The number of nitrogens with one attached hydrogen (secondary N) is 2. The maximum atomic E-state index is 12.2. The van der Waals surface area contributed by atoms with E-state index in [9.17, 15) is 105 Å². The molecule has 0 bridgehead atoms. The molecule has 38 nitrogen and oxygen atoms in total. The van der Waals surface area contributed by atoms with Gasteiger partial charge in [0.2, 0.25) is 148 Å². The molecule has 5 aromatic heterocycles. The first-order valence-electron chi connectivity index (χ1n) is 39.0. The second kappa shape index (κ2) is 44.5. The smallest absolute Gasteiger partial charge is 0.317 e. The number of aryl methyl sites for hydroxylation is 2. The van der Waals surface area contributed by atoms with Crippen molar-refractivity contribution in [3.63, 3.8) is 0 Å². The van der Waals surface area contributed by atoms with Crippen molar-refractivity contribution >= 4 is 213 Å². The van der Waals surface area contributed by atoms with Crippen molar-refractivity contribution in [2.24, 2.45) is 21.1 Å². The van der Waals surface area contributed by atoms with Gasteiger partial charge in [-0.3, -0.25) is 105 Å². The fraction of sp³-hybridized carbons (Fsp3) is 0.0930. The topological polar surface area (TPSA) is 466 Å². The summed E-state index contributed by atoms with van der Waals surface area (Å²) in [6, 6.07) is 59.6. The second-order valence-corrected chi connectivity index (χ2v) is 28.4. The van der Waals surface area contributed by atoms with Crippen molar-refractivity contribution in [1.82, 2.24) is 75.4 Å². The molecule has 0 spiro atoms. The number of fused-ring (bicyclic) bond motifs is 6. The number of carbonyl (C=O) groups is 12. The van der Waals surface area contributed by atoms with Crippen molar-refractivity contribution in [2.45, 2.75) is 33.1 Å². The van der Waals surface area contributed by atoms with E-state index in [2.05, 4.69) is 10.1 Å². The van der Waals surface area contributed by atoms with E-state index in [0.29, 0.717) is 140 Å². The van der Waals surface area contributed by atoms with Crippen LogP contribution in [0.5, 0.6) is 0 Å². The second-order valence-electron chi connectivity index (χ2n) is 28.4. The van der Waals surface area contributed by atoms with Crippen LogP contribution in [0.25, 0.3) is 54.5 Å². The van der Waals surface area contributed by atoms with Crippen LogP contribution in [-0.4, -0.2) is 234 Å². The van der Waals surface area contributed by atoms with Crippen molar-refractivity contribution in [2.75, 3.05) is 0 Å². The average Bonchev–Trinajstić information content (AvgIpc) is 1.67. The third kappa shape index (κ3) is 22.9. The van der Waals surface area contributed by atoms with Crippen LogP contribution in [0.2, 0.25) is 0 Å². The van der Waals surface area contributed by atoms with E-state index in [-0.39, 0.29) is 53.7 Å². The Morgan fingerprint density at radius 2 is 0.719 bits per heavy atom. The van der Waals surface area contributed by atoms with E-state index in [1.807, 2.05) is 36.4 Å². The Balaban J connectivity index is 0.000000168. The molecule has 0 unspecified atom stereocenters. The van der Waals surface area contributed by atoms with Gasteiger partial charge >= 0.3 is 17.1 Å². The first-order chi connectivity index (χ1) is 63.9. The van der Waals surface area contributed by atoms with E-state index in [0.717, 1.165) is 27.0 Å². The minimum atomic E-state index is -0.608. The van der Waals surface area contributed by atoms with Crippen LogP contribution in [0, 0.1) is 0 Å². The van der Waals surface area contributed by atoms with Crippen molar-refractivity contribution < 1.29 is 57.5 Å². The molecule has 0 aliphatic carbocycles. The average molecular weight is 1790 g/mol. The molecular formula is C86H61B11N16O22. The van der Waals surface area contributed by atoms with Crippen LogP contribution >= 0.6 is 0 Å². The lowest BCUT2D eigenvalue weighted by Gasteiger charge is -2.23. The number of aromatic nitrogens is 10. The zero-order valence-corrected chi connectivity index (χ0v) is 71.7. The number of para-hydroxylation sites is 2. The predicted molar refractivity (Wildman–Crippen MR) is 503 cm³/mol. The van der Waals surface area contributed by atoms with Gasteiger partial charge in [0.15, 0.2) is 0 Å².